The first-order valence-corrected chi connectivity index (χ1v) is 7.39. The molecule has 1 aromatic carbocycles. The Morgan fingerprint density at radius 1 is 1.33 bits per heavy atom. The number of rotatable bonds is 10. The van der Waals surface area contributed by atoms with Crippen LogP contribution < -0.4 is 10.1 Å². The fourth-order valence-corrected chi connectivity index (χ4v) is 2.39. The number of aliphatic hydroxyl groups excluding tert-OH is 1. The molecule has 0 aliphatic carbocycles. The van der Waals surface area contributed by atoms with Crippen LogP contribution in [0.25, 0.3) is 0 Å². The Balaban J connectivity index is 2.53. The summed E-state index contributed by atoms with van der Waals surface area (Å²) >= 11 is 0. The van der Waals surface area contributed by atoms with E-state index in [4.69, 9.17) is 4.74 Å². The zero-order valence-corrected chi connectivity index (χ0v) is 12.8. The molecule has 0 bridgehead atoms. The summed E-state index contributed by atoms with van der Waals surface area (Å²) in [6.07, 6.45) is 1.67. The third kappa shape index (κ3) is 4.72. The lowest BCUT2D eigenvalue weighted by Gasteiger charge is -2.29. The first-order valence-electron chi connectivity index (χ1n) is 7.39. The minimum Gasteiger partial charge on any atom is -0.493 e. The summed E-state index contributed by atoms with van der Waals surface area (Å²) in [5.41, 5.74) is -0.140. The summed E-state index contributed by atoms with van der Waals surface area (Å²) in [7, 11) is 0. The average Bonchev–Trinajstić information content (AvgIpc) is 2.50. The second-order valence-electron chi connectivity index (χ2n) is 4.99. The van der Waals surface area contributed by atoms with Crippen LogP contribution in [0.4, 0.5) is 0 Å². The molecule has 5 nitrogen and oxygen atoms in total. The molecule has 3 N–H and O–H groups in total. The molecule has 1 aromatic rings. The van der Waals surface area contributed by atoms with Gasteiger partial charge in [0.25, 0.3) is 0 Å². The Bertz CT molecular complexity index is 450. The van der Waals surface area contributed by atoms with E-state index in [1.165, 1.54) is 0 Å². The number of nitrogens with one attached hydrogen (secondary N) is 1. The van der Waals surface area contributed by atoms with Gasteiger partial charge in [0.05, 0.1) is 13.2 Å². The van der Waals surface area contributed by atoms with E-state index in [0.29, 0.717) is 38.2 Å². The van der Waals surface area contributed by atoms with Gasteiger partial charge >= 0.3 is 5.97 Å². The molecule has 118 valence electrons. The molecule has 0 saturated carbocycles. The van der Waals surface area contributed by atoms with Crippen molar-refractivity contribution in [3.05, 3.63) is 29.8 Å². The molecule has 21 heavy (non-hydrogen) atoms. The summed E-state index contributed by atoms with van der Waals surface area (Å²) in [4.78, 5) is 11.5. The Hall–Kier alpha value is -1.59. The molecule has 0 saturated heterocycles. The maximum Gasteiger partial charge on any atom is 0.323 e. The largest absolute Gasteiger partial charge is 0.493 e. The number of carboxylic acid groups (broad SMARTS) is 1. The smallest absolute Gasteiger partial charge is 0.323 e. The molecule has 0 aliphatic rings. The van der Waals surface area contributed by atoms with Crippen molar-refractivity contribution >= 4 is 5.97 Å². The van der Waals surface area contributed by atoms with Crippen LogP contribution in [0.5, 0.6) is 5.75 Å². The summed E-state index contributed by atoms with van der Waals surface area (Å²) in [5.74, 6) is -0.163. The van der Waals surface area contributed by atoms with Crippen LogP contribution in [-0.2, 0) is 11.4 Å². The highest BCUT2D eigenvalue weighted by molar-refractivity contribution is 5.78. The zero-order chi connectivity index (χ0) is 15.7. The first kappa shape index (κ1) is 17.5. The van der Waals surface area contributed by atoms with Crippen LogP contribution in [0.3, 0.4) is 0 Å². The van der Waals surface area contributed by atoms with Gasteiger partial charge in [0.1, 0.15) is 11.3 Å². The van der Waals surface area contributed by atoms with Gasteiger partial charge in [-0.1, -0.05) is 32.0 Å². The van der Waals surface area contributed by atoms with E-state index in [1.54, 1.807) is 6.07 Å². The van der Waals surface area contributed by atoms with Gasteiger partial charge in [-0.15, -0.1) is 0 Å². The Morgan fingerprint density at radius 2 is 2.05 bits per heavy atom. The number of aliphatic hydroxyl groups is 1. The third-order valence-electron chi connectivity index (χ3n) is 3.68. The number of ether oxygens (including phenoxy) is 1. The maximum absolute atomic E-state index is 11.5. The molecular formula is C16H25NO4. The molecule has 0 amide bonds. The Kier molecular flexibility index (Phi) is 7.19. The number of benzene rings is 1. The summed E-state index contributed by atoms with van der Waals surface area (Å²) in [6, 6.07) is 7.30. The number of hydrogen-bond acceptors (Lipinski definition) is 4. The minimum atomic E-state index is -0.880. The molecule has 1 rings (SSSR count). The highest BCUT2D eigenvalue weighted by Gasteiger charge is 2.34. The predicted molar refractivity (Wildman–Crippen MR) is 81.4 cm³/mol. The van der Waals surface area contributed by atoms with Crippen molar-refractivity contribution in [1.29, 1.82) is 0 Å². The summed E-state index contributed by atoms with van der Waals surface area (Å²) in [6.45, 7) is 4.76. The van der Waals surface area contributed by atoms with Crippen LogP contribution in [0.2, 0.25) is 0 Å². The van der Waals surface area contributed by atoms with Crippen LogP contribution in [0, 0.1) is 0 Å². The molecular weight excluding hydrogens is 270 g/mol. The van der Waals surface area contributed by atoms with E-state index in [2.05, 4.69) is 5.32 Å². The van der Waals surface area contributed by atoms with Gasteiger partial charge in [-0.3, -0.25) is 4.79 Å². The number of carbonyl (C=O) groups is 1. The van der Waals surface area contributed by atoms with E-state index in [1.807, 2.05) is 32.0 Å². The van der Waals surface area contributed by atoms with Crippen LogP contribution >= 0.6 is 0 Å². The van der Waals surface area contributed by atoms with Crippen molar-refractivity contribution in [2.75, 3.05) is 13.2 Å². The molecule has 1 atom stereocenters. The number of carboxylic acids is 1. The van der Waals surface area contributed by atoms with E-state index in [0.717, 1.165) is 5.56 Å². The topological polar surface area (TPSA) is 78.8 Å². The monoisotopic (exact) mass is 295 g/mol. The van der Waals surface area contributed by atoms with Crippen molar-refractivity contribution < 1.29 is 19.7 Å². The quantitative estimate of drug-likeness (QED) is 0.577. The fourth-order valence-electron chi connectivity index (χ4n) is 2.39. The van der Waals surface area contributed by atoms with Gasteiger partial charge in [-0.05, 0) is 31.9 Å². The van der Waals surface area contributed by atoms with Crippen molar-refractivity contribution in [3.8, 4) is 5.75 Å². The van der Waals surface area contributed by atoms with Crippen LogP contribution in [-0.4, -0.2) is 34.9 Å². The SMILES string of the molecule is CCNC(CC)(CCCOc1ccccc1CO)C(=O)O. The zero-order valence-electron chi connectivity index (χ0n) is 12.8. The second kappa shape index (κ2) is 8.64. The van der Waals surface area contributed by atoms with Gasteiger partial charge in [-0.25, -0.2) is 0 Å². The molecule has 0 aliphatic heterocycles. The molecule has 5 heteroatoms. The highest BCUT2D eigenvalue weighted by Crippen LogP contribution is 2.21. The summed E-state index contributed by atoms with van der Waals surface area (Å²) < 4.78 is 5.65. The number of aliphatic carboxylic acids is 1. The van der Waals surface area contributed by atoms with Gasteiger partial charge in [0, 0.05) is 5.56 Å². The molecule has 1 unspecified atom stereocenters. The Morgan fingerprint density at radius 3 is 2.62 bits per heavy atom. The molecule has 0 fully saturated rings. The maximum atomic E-state index is 11.5. The highest BCUT2D eigenvalue weighted by atomic mass is 16.5. The number of para-hydroxylation sites is 1. The average molecular weight is 295 g/mol. The van der Waals surface area contributed by atoms with Gasteiger partial charge < -0.3 is 20.3 Å². The lowest BCUT2D eigenvalue weighted by atomic mass is 9.90. The standard InChI is InChI=1S/C16H25NO4/c1-3-16(15(19)20,17-4-2)10-7-11-21-14-9-6-5-8-13(14)12-18/h5-6,8-9,17-18H,3-4,7,10-12H2,1-2H3,(H,19,20). The van der Waals surface area contributed by atoms with Crippen molar-refractivity contribution in [2.24, 2.45) is 0 Å². The minimum absolute atomic E-state index is 0.0679. The summed E-state index contributed by atoms with van der Waals surface area (Å²) in [5, 5.41) is 21.7. The molecule has 0 aromatic heterocycles. The van der Waals surface area contributed by atoms with Crippen LogP contribution in [0.15, 0.2) is 24.3 Å². The van der Waals surface area contributed by atoms with E-state index < -0.39 is 11.5 Å². The van der Waals surface area contributed by atoms with E-state index >= 15 is 0 Å². The second-order valence-corrected chi connectivity index (χ2v) is 4.99. The number of hydrogen-bond donors (Lipinski definition) is 3. The third-order valence-corrected chi connectivity index (χ3v) is 3.68. The van der Waals surface area contributed by atoms with E-state index in [9.17, 15) is 15.0 Å². The van der Waals surface area contributed by atoms with Gasteiger partial charge in [0.2, 0.25) is 0 Å². The van der Waals surface area contributed by atoms with Crippen molar-refractivity contribution in [2.45, 2.75) is 45.3 Å². The lowest BCUT2D eigenvalue weighted by molar-refractivity contribution is -0.145. The molecule has 0 spiro atoms. The first-order chi connectivity index (χ1) is 10.1. The normalized spacial score (nSPS) is 13.7. The van der Waals surface area contributed by atoms with Crippen molar-refractivity contribution in [1.82, 2.24) is 5.32 Å². The molecule has 0 radical (unpaired) electrons. The predicted octanol–water partition coefficient (Wildman–Crippen LogP) is 2.18. The molecule has 0 heterocycles. The lowest BCUT2D eigenvalue weighted by Crippen LogP contribution is -2.51. The van der Waals surface area contributed by atoms with Crippen LogP contribution in [0.1, 0.15) is 38.7 Å². The number of likely N-dealkylation sites (N-methyl/N-ethyl adjacent to an activating group) is 1. The van der Waals surface area contributed by atoms with E-state index in [-0.39, 0.29) is 6.61 Å². The van der Waals surface area contributed by atoms with Crippen molar-refractivity contribution in [3.63, 3.8) is 0 Å². The van der Waals surface area contributed by atoms with Gasteiger partial charge in [-0.2, -0.15) is 0 Å². The fraction of sp³-hybridized carbons (Fsp3) is 0.562. The van der Waals surface area contributed by atoms with Gasteiger partial charge in [0.15, 0.2) is 0 Å². The Labute approximate surface area is 125 Å².